The van der Waals surface area contributed by atoms with Gasteiger partial charge in [0.25, 0.3) is 0 Å². The van der Waals surface area contributed by atoms with E-state index >= 15 is 0 Å². The van der Waals surface area contributed by atoms with Crippen LogP contribution in [0.3, 0.4) is 0 Å². The average molecular weight is 234 g/mol. The van der Waals surface area contributed by atoms with Gasteiger partial charge < -0.3 is 15.0 Å². The van der Waals surface area contributed by atoms with Gasteiger partial charge in [-0.25, -0.2) is 0 Å². The van der Waals surface area contributed by atoms with E-state index in [0.29, 0.717) is 18.9 Å². The SMILES string of the molecule is CNC(=O)CC(=O)N1CCOc2ccccc21. The molecule has 1 aliphatic heterocycles. The maximum absolute atomic E-state index is 11.9. The van der Waals surface area contributed by atoms with E-state index in [2.05, 4.69) is 5.32 Å². The third-order valence-corrected chi connectivity index (χ3v) is 2.62. The minimum Gasteiger partial charge on any atom is -0.490 e. The van der Waals surface area contributed by atoms with Gasteiger partial charge in [-0.2, -0.15) is 0 Å². The second kappa shape index (κ2) is 4.86. The summed E-state index contributed by atoms with van der Waals surface area (Å²) in [5.41, 5.74) is 0.729. The van der Waals surface area contributed by atoms with Gasteiger partial charge in [0.2, 0.25) is 11.8 Å². The monoisotopic (exact) mass is 234 g/mol. The average Bonchev–Trinajstić information content (AvgIpc) is 2.37. The van der Waals surface area contributed by atoms with Crippen molar-refractivity contribution in [3.63, 3.8) is 0 Å². The van der Waals surface area contributed by atoms with Gasteiger partial charge in [-0.15, -0.1) is 0 Å². The molecule has 0 saturated heterocycles. The Balaban J connectivity index is 2.18. The van der Waals surface area contributed by atoms with Crippen LogP contribution in [0.4, 0.5) is 5.69 Å². The Hall–Kier alpha value is -2.04. The molecule has 0 unspecified atom stereocenters. The molecule has 5 nitrogen and oxygen atoms in total. The van der Waals surface area contributed by atoms with Crippen LogP contribution < -0.4 is 15.0 Å². The number of hydrogen-bond donors (Lipinski definition) is 1. The topological polar surface area (TPSA) is 58.6 Å². The number of amides is 2. The van der Waals surface area contributed by atoms with Crippen LogP contribution in [0.1, 0.15) is 6.42 Å². The summed E-state index contributed by atoms with van der Waals surface area (Å²) in [7, 11) is 1.52. The van der Waals surface area contributed by atoms with Crippen LogP contribution in [0.15, 0.2) is 24.3 Å². The molecular formula is C12H14N2O3. The minimum absolute atomic E-state index is 0.134. The second-order valence-electron chi connectivity index (χ2n) is 3.71. The van der Waals surface area contributed by atoms with Gasteiger partial charge in [0.1, 0.15) is 18.8 Å². The molecule has 1 aromatic carbocycles. The van der Waals surface area contributed by atoms with Crippen molar-refractivity contribution in [2.45, 2.75) is 6.42 Å². The van der Waals surface area contributed by atoms with Crippen molar-refractivity contribution in [1.82, 2.24) is 5.32 Å². The van der Waals surface area contributed by atoms with E-state index in [1.54, 1.807) is 4.90 Å². The standard InChI is InChI=1S/C12H14N2O3/c1-13-11(15)8-12(16)14-6-7-17-10-5-3-2-4-9(10)14/h2-5H,6-8H2,1H3,(H,13,15). The fourth-order valence-corrected chi connectivity index (χ4v) is 1.75. The van der Waals surface area contributed by atoms with Crippen molar-refractivity contribution >= 4 is 17.5 Å². The molecule has 90 valence electrons. The highest BCUT2D eigenvalue weighted by Crippen LogP contribution is 2.31. The Labute approximate surface area is 99.4 Å². The Morgan fingerprint density at radius 3 is 2.94 bits per heavy atom. The molecule has 0 radical (unpaired) electrons. The highest BCUT2D eigenvalue weighted by atomic mass is 16.5. The third kappa shape index (κ3) is 2.38. The fraction of sp³-hybridized carbons (Fsp3) is 0.333. The Morgan fingerprint density at radius 2 is 2.18 bits per heavy atom. The number of para-hydroxylation sites is 2. The summed E-state index contributed by atoms with van der Waals surface area (Å²) in [5.74, 6) is 0.197. The summed E-state index contributed by atoms with van der Waals surface area (Å²) in [6, 6.07) is 7.32. The van der Waals surface area contributed by atoms with E-state index in [-0.39, 0.29) is 18.2 Å². The number of anilines is 1. The van der Waals surface area contributed by atoms with Crippen LogP contribution in [-0.2, 0) is 9.59 Å². The van der Waals surface area contributed by atoms with Crippen molar-refractivity contribution in [3.8, 4) is 5.75 Å². The molecule has 2 rings (SSSR count). The van der Waals surface area contributed by atoms with Crippen molar-refractivity contribution in [2.24, 2.45) is 0 Å². The number of benzene rings is 1. The van der Waals surface area contributed by atoms with Crippen LogP contribution in [0, 0.1) is 0 Å². The molecule has 0 aromatic heterocycles. The number of nitrogens with one attached hydrogen (secondary N) is 1. The van der Waals surface area contributed by atoms with E-state index < -0.39 is 0 Å². The first kappa shape index (κ1) is 11.4. The zero-order chi connectivity index (χ0) is 12.3. The number of carbonyl (C=O) groups is 2. The quantitative estimate of drug-likeness (QED) is 0.760. The third-order valence-electron chi connectivity index (χ3n) is 2.62. The molecule has 0 aliphatic carbocycles. The highest BCUT2D eigenvalue weighted by Gasteiger charge is 2.24. The van der Waals surface area contributed by atoms with E-state index in [9.17, 15) is 9.59 Å². The molecular weight excluding hydrogens is 220 g/mol. The lowest BCUT2D eigenvalue weighted by molar-refractivity contribution is -0.127. The molecule has 0 bridgehead atoms. The first-order valence-electron chi connectivity index (χ1n) is 5.45. The Morgan fingerprint density at radius 1 is 1.41 bits per heavy atom. The van der Waals surface area contributed by atoms with Crippen molar-refractivity contribution in [2.75, 3.05) is 25.1 Å². The van der Waals surface area contributed by atoms with Crippen LogP contribution in [0.2, 0.25) is 0 Å². The lowest BCUT2D eigenvalue weighted by Crippen LogP contribution is -2.40. The maximum Gasteiger partial charge on any atom is 0.236 e. The van der Waals surface area contributed by atoms with Gasteiger partial charge in [-0.05, 0) is 12.1 Å². The summed E-state index contributed by atoms with van der Waals surface area (Å²) in [4.78, 5) is 24.7. The number of nitrogens with zero attached hydrogens (tertiary/aromatic N) is 1. The van der Waals surface area contributed by atoms with Crippen molar-refractivity contribution in [3.05, 3.63) is 24.3 Å². The van der Waals surface area contributed by atoms with Crippen molar-refractivity contribution < 1.29 is 14.3 Å². The second-order valence-corrected chi connectivity index (χ2v) is 3.71. The van der Waals surface area contributed by atoms with Crippen LogP contribution in [0.5, 0.6) is 5.75 Å². The summed E-state index contributed by atoms with van der Waals surface area (Å²) in [6.07, 6.45) is -0.134. The molecule has 0 saturated carbocycles. The molecule has 1 aromatic rings. The molecule has 1 heterocycles. The molecule has 5 heteroatoms. The maximum atomic E-state index is 11.9. The number of fused-ring (bicyclic) bond motifs is 1. The molecule has 0 spiro atoms. The first-order valence-corrected chi connectivity index (χ1v) is 5.45. The number of ether oxygens (including phenoxy) is 1. The zero-order valence-electron chi connectivity index (χ0n) is 9.60. The summed E-state index contributed by atoms with van der Waals surface area (Å²) < 4.78 is 5.44. The fourth-order valence-electron chi connectivity index (χ4n) is 1.75. The molecule has 0 fully saturated rings. The summed E-state index contributed by atoms with van der Waals surface area (Å²) >= 11 is 0. The van der Waals surface area contributed by atoms with E-state index in [0.717, 1.165) is 5.69 Å². The normalized spacial score (nSPS) is 13.6. The number of rotatable bonds is 2. The lowest BCUT2D eigenvalue weighted by Gasteiger charge is -2.29. The van der Waals surface area contributed by atoms with Gasteiger partial charge >= 0.3 is 0 Å². The zero-order valence-corrected chi connectivity index (χ0v) is 9.60. The Kier molecular flexibility index (Phi) is 3.27. The number of carbonyl (C=O) groups excluding carboxylic acids is 2. The Bertz CT molecular complexity index is 445. The molecule has 1 aliphatic rings. The number of hydrogen-bond acceptors (Lipinski definition) is 3. The summed E-state index contributed by atoms with van der Waals surface area (Å²) in [5, 5.41) is 2.44. The van der Waals surface area contributed by atoms with Gasteiger partial charge in [-0.1, -0.05) is 12.1 Å². The first-order chi connectivity index (χ1) is 8.22. The smallest absolute Gasteiger partial charge is 0.236 e. The van der Waals surface area contributed by atoms with Crippen LogP contribution in [0.25, 0.3) is 0 Å². The highest BCUT2D eigenvalue weighted by molar-refractivity contribution is 6.05. The van der Waals surface area contributed by atoms with E-state index in [1.165, 1.54) is 7.05 Å². The minimum atomic E-state index is -0.279. The van der Waals surface area contributed by atoms with Gasteiger partial charge in [-0.3, -0.25) is 9.59 Å². The van der Waals surface area contributed by atoms with E-state index in [4.69, 9.17) is 4.74 Å². The largest absolute Gasteiger partial charge is 0.490 e. The van der Waals surface area contributed by atoms with Gasteiger partial charge in [0, 0.05) is 7.05 Å². The molecule has 17 heavy (non-hydrogen) atoms. The lowest BCUT2D eigenvalue weighted by atomic mass is 10.2. The predicted molar refractivity (Wildman–Crippen MR) is 63.0 cm³/mol. The summed E-state index contributed by atoms with van der Waals surface area (Å²) in [6.45, 7) is 0.934. The van der Waals surface area contributed by atoms with Crippen molar-refractivity contribution in [1.29, 1.82) is 0 Å². The predicted octanol–water partition coefficient (Wildman–Crippen LogP) is 0.548. The van der Waals surface area contributed by atoms with Gasteiger partial charge in [0.15, 0.2) is 0 Å². The molecule has 2 amide bonds. The molecule has 1 N–H and O–H groups in total. The molecule has 0 atom stereocenters. The van der Waals surface area contributed by atoms with Gasteiger partial charge in [0.05, 0.1) is 12.2 Å². The van der Waals surface area contributed by atoms with E-state index in [1.807, 2.05) is 24.3 Å². The van der Waals surface area contributed by atoms with Crippen LogP contribution >= 0.6 is 0 Å². The van der Waals surface area contributed by atoms with Crippen LogP contribution in [-0.4, -0.2) is 32.0 Å².